The Morgan fingerprint density at radius 1 is 1.08 bits per heavy atom. The van der Waals surface area contributed by atoms with Crippen LogP contribution in [0.25, 0.3) is 5.82 Å². The zero-order valence-corrected chi connectivity index (χ0v) is 20.3. The van der Waals surface area contributed by atoms with Crippen LogP contribution in [0.2, 0.25) is 0 Å². The highest BCUT2D eigenvalue weighted by atomic mass is 19.4. The molecular formula is C27H29F3N4O3. The predicted molar refractivity (Wildman–Crippen MR) is 131 cm³/mol. The Morgan fingerprint density at radius 3 is 2.57 bits per heavy atom. The number of hydrogen-bond acceptors (Lipinski definition) is 5. The van der Waals surface area contributed by atoms with Gasteiger partial charge in [-0.3, -0.25) is 9.69 Å². The number of alkyl halides is 3. The van der Waals surface area contributed by atoms with Crippen LogP contribution in [-0.2, 0) is 17.4 Å². The number of halogens is 3. The lowest BCUT2D eigenvalue weighted by Gasteiger charge is -2.36. The van der Waals surface area contributed by atoms with Crippen LogP contribution >= 0.6 is 0 Å². The fourth-order valence-corrected chi connectivity index (χ4v) is 4.78. The molecule has 10 heteroatoms. The molecule has 1 atom stereocenters. The molecule has 3 aromatic rings. The summed E-state index contributed by atoms with van der Waals surface area (Å²) in [4.78, 5) is 19.0. The molecule has 1 saturated heterocycles. The summed E-state index contributed by atoms with van der Waals surface area (Å²) in [5.74, 6) is 1.03. The number of piperidine rings is 1. The van der Waals surface area contributed by atoms with E-state index < -0.39 is 17.8 Å². The quantitative estimate of drug-likeness (QED) is 0.514. The first-order valence-electron chi connectivity index (χ1n) is 12.4. The number of rotatable bonds is 7. The molecule has 7 nitrogen and oxygen atoms in total. The number of amides is 1. The Bertz CT molecular complexity index is 1190. The number of ether oxygens (including phenoxy) is 2. The minimum atomic E-state index is -4.50. The van der Waals surface area contributed by atoms with Gasteiger partial charge in [0.1, 0.15) is 24.1 Å². The van der Waals surface area contributed by atoms with Crippen molar-refractivity contribution in [1.29, 1.82) is 0 Å². The number of fused-ring (bicyclic) bond motifs is 1. The number of pyridine rings is 1. The molecule has 37 heavy (non-hydrogen) atoms. The fourth-order valence-electron chi connectivity index (χ4n) is 4.78. The summed E-state index contributed by atoms with van der Waals surface area (Å²) in [6.45, 7) is 2.90. The molecule has 0 spiro atoms. The molecule has 0 bridgehead atoms. The van der Waals surface area contributed by atoms with Crippen LogP contribution in [0.15, 0.2) is 61.1 Å². The number of nitrogens with one attached hydrogen (secondary N) is 1. The van der Waals surface area contributed by atoms with Gasteiger partial charge < -0.3 is 19.4 Å². The number of benzene rings is 1. The van der Waals surface area contributed by atoms with Crippen LogP contribution in [0, 0.1) is 5.92 Å². The van der Waals surface area contributed by atoms with Gasteiger partial charge in [-0.25, -0.2) is 4.98 Å². The molecule has 0 unspecified atom stereocenters. The van der Waals surface area contributed by atoms with Gasteiger partial charge in [-0.1, -0.05) is 12.1 Å². The van der Waals surface area contributed by atoms with Crippen molar-refractivity contribution in [2.24, 2.45) is 5.92 Å². The highest BCUT2D eigenvalue weighted by Gasteiger charge is 2.38. The van der Waals surface area contributed by atoms with E-state index in [2.05, 4.69) is 15.2 Å². The van der Waals surface area contributed by atoms with Crippen LogP contribution in [0.4, 0.5) is 13.2 Å². The molecule has 1 aromatic carbocycles. The van der Waals surface area contributed by atoms with Gasteiger partial charge in [0.25, 0.3) is 0 Å². The van der Waals surface area contributed by atoms with E-state index in [0.717, 1.165) is 43.4 Å². The summed E-state index contributed by atoms with van der Waals surface area (Å²) in [6.07, 6.45) is 2.65. The Labute approximate surface area is 213 Å². The van der Waals surface area contributed by atoms with Gasteiger partial charge in [0.2, 0.25) is 5.91 Å². The standard InChI is InChI=1S/C27H29F3N4O3/c28-27(29,30)22-4-3-5-23-26(22)37-21(18-36-23)17-33-12-8-19(9-13-33)15-32-25(35)14-20-6-7-24(31-16-20)34-10-1-2-11-34/h1-7,10-11,16,19,21H,8-9,12-15,17-18H2,(H,32,35)/t21-/m0/s1. The van der Waals surface area contributed by atoms with Crippen molar-refractivity contribution in [1.82, 2.24) is 19.8 Å². The second kappa shape index (κ2) is 10.8. The van der Waals surface area contributed by atoms with Crippen molar-refractivity contribution in [2.75, 3.05) is 32.8 Å². The number of para-hydroxylation sites is 1. The van der Waals surface area contributed by atoms with E-state index in [-0.39, 0.29) is 30.4 Å². The van der Waals surface area contributed by atoms with Crippen LogP contribution in [0.3, 0.4) is 0 Å². The molecule has 2 aromatic heterocycles. The van der Waals surface area contributed by atoms with Crippen molar-refractivity contribution in [3.05, 3.63) is 72.2 Å². The smallest absolute Gasteiger partial charge is 0.420 e. The average molecular weight is 515 g/mol. The molecule has 1 N–H and O–H groups in total. The highest BCUT2D eigenvalue weighted by molar-refractivity contribution is 5.78. The van der Waals surface area contributed by atoms with Crippen LogP contribution < -0.4 is 14.8 Å². The van der Waals surface area contributed by atoms with Crippen molar-refractivity contribution < 1.29 is 27.4 Å². The predicted octanol–water partition coefficient (Wildman–Crippen LogP) is 4.10. The van der Waals surface area contributed by atoms with E-state index >= 15 is 0 Å². The number of carbonyl (C=O) groups excluding carboxylic acids is 1. The molecule has 2 aliphatic heterocycles. The second-order valence-corrected chi connectivity index (χ2v) is 9.52. The van der Waals surface area contributed by atoms with Crippen LogP contribution in [0.5, 0.6) is 11.5 Å². The summed E-state index contributed by atoms with van der Waals surface area (Å²) in [6, 6.07) is 11.5. The van der Waals surface area contributed by atoms with E-state index in [1.807, 2.05) is 41.2 Å². The summed E-state index contributed by atoms with van der Waals surface area (Å²) < 4.78 is 53.2. The third-order valence-corrected chi connectivity index (χ3v) is 6.79. The minimum Gasteiger partial charge on any atom is -0.486 e. The number of carbonyl (C=O) groups is 1. The second-order valence-electron chi connectivity index (χ2n) is 9.52. The lowest BCUT2D eigenvalue weighted by Crippen LogP contribution is -2.45. The molecule has 0 aliphatic carbocycles. The number of aromatic nitrogens is 2. The molecule has 5 rings (SSSR count). The minimum absolute atomic E-state index is 0.0372. The maximum Gasteiger partial charge on any atom is 0.420 e. The normalized spacial score (nSPS) is 18.5. The highest BCUT2D eigenvalue weighted by Crippen LogP contribution is 2.43. The van der Waals surface area contributed by atoms with E-state index in [1.165, 1.54) is 12.1 Å². The third-order valence-electron chi connectivity index (χ3n) is 6.79. The monoisotopic (exact) mass is 514 g/mol. The van der Waals surface area contributed by atoms with Gasteiger partial charge in [-0.05, 0) is 67.7 Å². The summed E-state index contributed by atoms with van der Waals surface area (Å²) in [5, 5.41) is 3.03. The topological polar surface area (TPSA) is 68.6 Å². The first-order valence-corrected chi connectivity index (χ1v) is 12.4. The van der Waals surface area contributed by atoms with Crippen LogP contribution in [0.1, 0.15) is 24.0 Å². The summed E-state index contributed by atoms with van der Waals surface area (Å²) >= 11 is 0. The summed E-state index contributed by atoms with van der Waals surface area (Å²) in [5.41, 5.74) is 0.0463. The Hall–Kier alpha value is -3.53. The molecule has 0 saturated carbocycles. The molecule has 1 amide bonds. The molecule has 1 fully saturated rings. The van der Waals surface area contributed by atoms with E-state index in [0.29, 0.717) is 19.0 Å². The van der Waals surface area contributed by atoms with E-state index in [1.54, 1.807) is 6.20 Å². The third kappa shape index (κ3) is 6.25. The molecule has 196 valence electrons. The maximum atomic E-state index is 13.3. The van der Waals surface area contributed by atoms with E-state index in [4.69, 9.17) is 9.47 Å². The van der Waals surface area contributed by atoms with Crippen molar-refractivity contribution in [3.63, 3.8) is 0 Å². The summed E-state index contributed by atoms with van der Waals surface area (Å²) in [7, 11) is 0. The number of likely N-dealkylation sites (tertiary alicyclic amines) is 1. The van der Waals surface area contributed by atoms with Gasteiger partial charge in [0.05, 0.1) is 6.42 Å². The van der Waals surface area contributed by atoms with Crippen LogP contribution in [-0.4, -0.2) is 59.2 Å². The van der Waals surface area contributed by atoms with Gasteiger partial charge in [-0.2, -0.15) is 13.2 Å². The zero-order valence-electron chi connectivity index (χ0n) is 20.3. The average Bonchev–Trinajstić information content (AvgIpc) is 3.43. The Morgan fingerprint density at radius 2 is 1.86 bits per heavy atom. The van der Waals surface area contributed by atoms with E-state index in [9.17, 15) is 18.0 Å². The van der Waals surface area contributed by atoms with Gasteiger partial charge in [-0.15, -0.1) is 0 Å². The largest absolute Gasteiger partial charge is 0.486 e. The van der Waals surface area contributed by atoms with Crippen molar-refractivity contribution >= 4 is 5.91 Å². The SMILES string of the molecule is O=C(Cc1ccc(-n2cccc2)nc1)NCC1CCN(C[C@H]2COc3cccc(C(F)(F)F)c3O2)CC1. The zero-order chi connectivity index (χ0) is 25.8. The Balaban J connectivity index is 1.04. The van der Waals surface area contributed by atoms with Crippen molar-refractivity contribution in [3.8, 4) is 17.3 Å². The molecule has 0 radical (unpaired) electrons. The van der Waals surface area contributed by atoms with Gasteiger partial charge >= 0.3 is 6.18 Å². The van der Waals surface area contributed by atoms with Gasteiger partial charge in [0.15, 0.2) is 11.5 Å². The Kier molecular flexibility index (Phi) is 7.36. The molecule has 2 aliphatic rings. The lowest BCUT2D eigenvalue weighted by atomic mass is 9.96. The van der Waals surface area contributed by atoms with Gasteiger partial charge in [0, 0.05) is 31.7 Å². The molecule has 4 heterocycles. The number of hydrogen-bond donors (Lipinski definition) is 1. The first-order chi connectivity index (χ1) is 17.8. The number of nitrogens with zero attached hydrogens (tertiary/aromatic N) is 3. The first kappa shape index (κ1) is 25.1. The lowest BCUT2D eigenvalue weighted by molar-refractivity contribution is -0.140. The van der Waals surface area contributed by atoms with Crippen molar-refractivity contribution in [2.45, 2.75) is 31.5 Å². The molecular weight excluding hydrogens is 485 g/mol. The maximum absolute atomic E-state index is 13.3. The fraction of sp³-hybridized carbons (Fsp3) is 0.407.